The summed E-state index contributed by atoms with van der Waals surface area (Å²) in [5.74, 6) is -0.345. The van der Waals surface area contributed by atoms with E-state index < -0.39 is 5.97 Å². The van der Waals surface area contributed by atoms with E-state index in [-0.39, 0.29) is 5.75 Å². The number of ether oxygens (including phenoxy) is 1. The highest BCUT2D eigenvalue weighted by Crippen LogP contribution is 2.37. The summed E-state index contributed by atoms with van der Waals surface area (Å²) in [5, 5.41) is 13.8. The molecule has 4 heteroatoms. The number of phenols is 1. The number of hydrogen-bond donors (Lipinski definition) is 2. The molecule has 2 rings (SSSR count). The zero-order valence-electron chi connectivity index (χ0n) is 13.9. The van der Waals surface area contributed by atoms with Gasteiger partial charge in [0.05, 0.1) is 17.9 Å². The first kappa shape index (κ1) is 17.3. The number of rotatable bonds is 6. The van der Waals surface area contributed by atoms with Gasteiger partial charge in [-0.05, 0) is 37.6 Å². The lowest BCUT2D eigenvalue weighted by Crippen LogP contribution is -2.09. The van der Waals surface area contributed by atoms with Crippen LogP contribution in [0.15, 0.2) is 55.1 Å². The van der Waals surface area contributed by atoms with Crippen molar-refractivity contribution in [1.29, 1.82) is 0 Å². The Labute approximate surface area is 142 Å². The quantitative estimate of drug-likeness (QED) is 0.454. The van der Waals surface area contributed by atoms with Gasteiger partial charge in [-0.1, -0.05) is 43.0 Å². The maximum absolute atomic E-state index is 12.2. The third-order valence-electron chi connectivity index (χ3n) is 3.54. The molecule has 0 amide bonds. The summed E-state index contributed by atoms with van der Waals surface area (Å²) >= 11 is 0. The zero-order valence-corrected chi connectivity index (χ0v) is 13.9. The molecule has 0 aliphatic rings. The van der Waals surface area contributed by atoms with Gasteiger partial charge in [-0.2, -0.15) is 0 Å². The normalized spacial score (nSPS) is 10.6. The molecule has 0 bridgehead atoms. The Morgan fingerprint density at radius 2 is 2.04 bits per heavy atom. The molecule has 124 valence electrons. The smallest absolute Gasteiger partial charge is 0.338 e. The van der Waals surface area contributed by atoms with Crippen LogP contribution < -0.4 is 5.32 Å². The van der Waals surface area contributed by atoms with Gasteiger partial charge in [0.25, 0.3) is 0 Å². The Kier molecular flexibility index (Phi) is 5.79. The third kappa shape index (κ3) is 3.84. The second-order valence-electron chi connectivity index (χ2n) is 5.17. The molecule has 0 spiro atoms. The lowest BCUT2D eigenvalue weighted by atomic mass is 10.00. The maximum atomic E-state index is 12.2. The first-order valence-electron chi connectivity index (χ1n) is 7.73. The van der Waals surface area contributed by atoms with Crippen LogP contribution in [0.3, 0.4) is 0 Å². The van der Waals surface area contributed by atoms with E-state index in [0.29, 0.717) is 29.0 Å². The Hall–Kier alpha value is -3.01. The van der Waals surface area contributed by atoms with Crippen molar-refractivity contribution in [1.82, 2.24) is 0 Å². The number of carbonyl (C=O) groups excluding carboxylic acids is 1. The second kappa shape index (κ2) is 8.02. The number of phenolic OH excluding ortho intramolecular Hbond substituents is 1. The highest BCUT2D eigenvalue weighted by molar-refractivity contribution is 5.96. The van der Waals surface area contributed by atoms with Crippen LogP contribution in [0.1, 0.15) is 28.4 Å². The van der Waals surface area contributed by atoms with Gasteiger partial charge in [-0.3, -0.25) is 0 Å². The van der Waals surface area contributed by atoms with Crippen molar-refractivity contribution in [3.05, 3.63) is 71.8 Å². The molecule has 0 radical (unpaired) electrons. The maximum Gasteiger partial charge on any atom is 0.338 e. The van der Waals surface area contributed by atoms with E-state index in [4.69, 9.17) is 4.74 Å². The molecule has 0 heterocycles. The van der Waals surface area contributed by atoms with E-state index in [9.17, 15) is 9.90 Å². The van der Waals surface area contributed by atoms with Crippen molar-refractivity contribution in [3.8, 4) is 5.75 Å². The molecule has 4 nitrogen and oxygen atoms in total. The van der Waals surface area contributed by atoms with Gasteiger partial charge in [0.1, 0.15) is 5.75 Å². The van der Waals surface area contributed by atoms with Crippen molar-refractivity contribution in [2.45, 2.75) is 13.8 Å². The Bertz CT molecular complexity index is 764. The van der Waals surface area contributed by atoms with Crippen molar-refractivity contribution in [2.24, 2.45) is 0 Å². The topological polar surface area (TPSA) is 58.6 Å². The van der Waals surface area contributed by atoms with Gasteiger partial charge >= 0.3 is 5.97 Å². The molecule has 0 saturated carbocycles. The minimum absolute atomic E-state index is 0.0718. The number of allylic oxidation sites excluding steroid dienone is 2. The number of carbonyl (C=O) groups is 1. The molecule has 0 aliphatic heterocycles. The molecule has 24 heavy (non-hydrogen) atoms. The summed E-state index contributed by atoms with van der Waals surface area (Å²) < 4.78 is 5.12. The molecule has 0 atom stereocenters. The van der Waals surface area contributed by atoms with E-state index in [0.717, 1.165) is 5.69 Å². The molecule has 0 aliphatic carbocycles. The van der Waals surface area contributed by atoms with E-state index >= 15 is 0 Å². The summed E-state index contributed by atoms with van der Waals surface area (Å²) in [4.78, 5) is 12.2. The Morgan fingerprint density at radius 3 is 2.67 bits per heavy atom. The fourth-order valence-electron chi connectivity index (χ4n) is 2.33. The van der Waals surface area contributed by atoms with Crippen LogP contribution in [-0.4, -0.2) is 17.7 Å². The number of hydrogen-bond acceptors (Lipinski definition) is 4. The predicted molar refractivity (Wildman–Crippen MR) is 97.8 cm³/mol. The number of anilines is 2. The monoisotopic (exact) mass is 323 g/mol. The van der Waals surface area contributed by atoms with Crippen molar-refractivity contribution in [3.63, 3.8) is 0 Å². The Morgan fingerprint density at radius 1 is 1.33 bits per heavy atom. The van der Waals surface area contributed by atoms with E-state index in [2.05, 4.69) is 11.9 Å². The highest BCUT2D eigenvalue weighted by Gasteiger charge is 2.19. The largest absolute Gasteiger partial charge is 0.505 e. The van der Waals surface area contributed by atoms with Crippen LogP contribution in [0, 0.1) is 6.92 Å². The van der Waals surface area contributed by atoms with Gasteiger partial charge in [0.15, 0.2) is 0 Å². The molecule has 2 aromatic rings. The Balaban J connectivity index is 2.57. The number of benzene rings is 2. The standard InChI is InChI=1S/C20H21NO3/c1-4-6-10-15-13-17(20(23)24-5-2)14(3)18(19(15)22)21-16-11-8-7-9-12-16/h4,6-13,21-22H,1,5H2,2-3H3/b10-6-. The first-order chi connectivity index (χ1) is 11.6. The minimum atomic E-state index is -0.417. The average Bonchev–Trinajstić information content (AvgIpc) is 2.59. The summed E-state index contributed by atoms with van der Waals surface area (Å²) in [6, 6.07) is 11.1. The fourth-order valence-corrected chi connectivity index (χ4v) is 2.33. The third-order valence-corrected chi connectivity index (χ3v) is 3.54. The van der Waals surface area contributed by atoms with Crippen molar-refractivity contribution < 1.29 is 14.6 Å². The molecular formula is C20H21NO3. The van der Waals surface area contributed by atoms with Gasteiger partial charge in [0, 0.05) is 11.3 Å². The van der Waals surface area contributed by atoms with Crippen LogP contribution in [-0.2, 0) is 4.74 Å². The summed E-state index contributed by atoms with van der Waals surface area (Å²) in [6.07, 6.45) is 5.00. The minimum Gasteiger partial charge on any atom is -0.505 e. The molecule has 0 fully saturated rings. The number of esters is 1. The van der Waals surface area contributed by atoms with Gasteiger partial charge in [0.2, 0.25) is 0 Å². The summed E-state index contributed by atoms with van der Waals surface area (Å²) in [6.45, 7) is 7.45. The van der Waals surface area contributed by atoms with Crippen LogP contribution in [0.25, 0.3) is 6.08 Å². The second-order valence-corrected chi connectivity index (χ2v) is 5.17. The first-order valence-corrected chi connectivity index (χ1v) is 7.73. The number of para-hydroxylation sites is 1. The SMILES string of the molecule is C=C/C=C\c1cc(C(=O)OCC)c(C)c(Nc2ccccc2)c1O. The fraction of sp³-hybridized carbons (Fsp3) is 0.150. The molecule has 0 aromatic heterocycles. The lowest BCUT2D eigenvalue weighted by Gasteiger charge is -2.17. The lowest BCUT2D eigenvalue weighted by molar-refractivity contribution is 0.0525. The molecule has 0 unspecified atom stereocenters. The van der Waals surface area contributed by atoms with Gasteiger partial charge in [-0.15, -0.1) is 0 Å². The average molecular weight is 323 g/mol. The van der Waals surface area contributed by atoms with Gasteiger partial charge < -0.3 is 15.2 Å². The number of nitrogens with one attached hydrogen (secondary N) is 1. The summed E-state index contributed by atoms with van der Waals surface area (Å²) in [7, 11) is 0. The van der Waals surface area contributed by atoms with E-state index in [1.165, 1.54) is 0 Å². The molecule has 2 aromatic carbocycles. The predicted octanol–water partition coefficient (Wildman–Crippen LogP) is 4.82. The molecule has 0 saturated heterocycles. The van der Waals surface area contributed by atoms with Crippen molar-refractivity contribution >= 4 is 23.4 Å². The summed E-state index contributed by atoms with van der Waals surface area (Å²) in [5.41, 5.74) is 2.86. The van der Waals surface area contributed by atoms with Crippen LogP contribution in [0.4, 0.5) is 11.4 Å². The zero-order chi connectivity index (χ0) is 17.5. The van der Waals surface area contributed by atoms with Crippen LogP contribution in [0.5, 0.6) is 5.75 Å². The van der Waals surface area contributed by atoms with E-state index in [1.807, 2.05) is 30.3 Å². The van der Waals surface area contributed by atoms with Crippen molar-refractivity contribution in [2.75, 3.05) is 11.9 Å². The molecular weight excluding hydrogens is 302 g/mol. The van der Waals surface area contributed by atoms with E-state index in [1.54, 1.807) is 38.1 Å². The number of aromatic hydroxyl groups is 1. The van der Waals surface area contributed by atoms with Crippen LogP contribution >= 0.6 is 0 Å². The van der Waals surface area contributed by atoms with Crippen LogP contribution in [0.2, 0.25) is 0 Å². The molecule has 2 N–H and O–H groups in total. The highest BCUT2D eigenvalue weighted by atomic mass is 16.5. The van der Waals surface area contributed by atoms with Gasteiger partial charge in [-0.25, -0.2) is 4.79 Å².